The van der Waals surface area contributed by atoms with E-state index in [9.17, 15) is 14.9 Å². The molecule has 1 aromatic rings. The highest BCUT2D eigenvalue weighted by molar-refractivity contribution is 8.18. The molecule has 0 aromatic heterocycles. The van der Waals surface area contributed by atoms with Gasteiger partial charge in [-0.3, -0.25) is 20.3 Å². The lowest BCUT2D eigenvalue weighted by molar-refractivity contribution is -0.384. The molecule has 1 saturated heterocycles. The Balaban J connectivity index is 2.33. The number of amides is 1. The van der Waals surface area contributed by atoms with Crippen molar-refractivity contribution in [3.8, 4) is 0 Å². The van der Waals surface area contributed by atoms with Crippen molar-refractivity contribution in [2.75, 3.05) is 0 Å². The molecule has 0 atom stereocenters. The van der Waals surface area contributed by atoms with Crippen molar-refractivity contribution in [2.24, 2.45) is 0 Å². The number of nitrogens with zero attached hydrogens (tertiary/aromatic N) is 1. The smallest absolute Gasteiger partial charge is 0.270 e. The van der Waals surface area contributed by atoms with Gasteiger partial charge in [0.05, 0.1) is 9.83 Å². The van der Waals surface area contributed by atoms with Gasteiger partial charge in [-0.15, -0.1) is 0 Å². The fraction of sp³-hybridized carbons (Fsp3) is 0. The quantitative estimate of drug-likeness (QED) is 0.474. The van der Waals surface area contributed by atoms with E-state index >= 15 is 0 Å². The minimum absolute atomic E-state index is 0.0298. The molecule has 1 aliphatic rings. The zero-order chi connectivity index (χ0) is 12.4. The molecule has 86 valence electrons. The molecule has 1 amide bonds. The second-order valence-corrected chi connectivity index (χ2v) is 4.30. The topological polar surface area (TPSA) is 96.1 Å². The molecule has 0 unspecified atom stereocenters. The number of amidine groups is 1. The average molecular weight is 249 g/mol. The molecule has 6 nitrogen and oxygen atoms in total. The maximum Gasteiger partial charge on any atom is 0.270 e. The minimum atomic E-state index is -0.494. The Morgan fingerprint density at radius 1 is 1.47 bits per heavy atom. The number of rotatable bonds is 2. The molecular weight excluding hydrogens is 242 g/mol. The number of thioether (sulfide) groups is 1. The number of hydrogen-bond donors (Lipinski definition) is 2. The van der Waals surface area contributed by atoms with E-state index in [1.807, 2.05) is 0 Å². The van der Waals surface area contributed by atoms with Gasteiger partial charge in [0, 0.05) is 12.1 Å². The lowest BCUT2D eigenvalue weighted by Crippen LogP contribution is -2.18. The van der Waals surface area contributed by atoms with Crippen LogP contribution in [-0.4, -0.2) is 16.0 Å². The summed E-state index contributed by atoms with van der Waals surface area (Å²) in [4.78, 5) is 21.8. The predicted octanol–water partition coefficient (Wildman–Crippen LogP) is 1.73. The van der Waals surface area contributed by atoms with Gasteiger partial charge >= 0.3 is 0 Å². The second kappa shape index (κ2) is 4.38. The van der Waals surface area contributed by atoms with Crippen LogP contribution in [0.1, 0.15) is 5.56 Å². The molecule has 1 aliphatic heterocycles. The summed E-state index contributed by atoms with van der Waals surface area (Å²) >= 11 is 0.997. The van der Waals surface area contributed by atoms with E-state index in [1.54, 1.807) is 12.1 Å². The first-order valence-corrected chi connectivity index (χ1v) is 5.42. The second-order valence-electron chi connectivity index (χ2n) is 3.25. The molecule has 2 rings (SSSR count). The lowest BCUT2D eigenvalue weighted by atomic mass is 10.2. The van der Waals surface area contributed by atoms with Crippen LogP contribution in [0, 0.1) is 15.5 Å². The largest absolute Gasteiger partial charge is 0.301 e. The summed E-state index contributed by atoms with van der Waals surface area (Å²) in [6, 6.07) is 5.97. The number of nitro benzene ring substituents is 1. The van der Waals surface area contributed by atoms with E-state index in [0.717, 1.165) is 11.8 Å². The van der Waals surface area contributed by atoms with E-state index in [2.05, 4.69) is 5.32 Å². The maximum atomic E-state index is 11.3. The van der Waals surface area contributed by atoms with Gasteiger partial charge in [0.2, 0.25) is 0 Å². The molecule has 17 heavy (non-hydrogen) atoms. The average Bonchev–Trinajstić information content (AvgIpc) is 2.58. The van der Waals surface area contributed by atoms with Gasteiger partial charge in [-0.2, -0.15) is 0 Å². The van der Waals surface area contributed by atoms with Crippen molar-refractivity contribution in [3.05, 3.63) is 44.8 Å². The third-order valence-corrected chi connectivity index (χ3v) is 2.87. The van der Waals surface area contributed by atoms with Gasteiger partial charge in [0.1, 0.15) is 0 Å². The highest BCUT2D eigenvalue weighted by atomic mass is 32.2. The van der Waals surface area contributed by atoms with E-state index in [0.29, 0.717) is 10.5 Å². The van der Waals surface area contributed by atoms with Gasteiger partial charge in [0.15, 0.2) is 5.17 Å². The van der Waals surface area contributed by atoms with Gasteiger partial charge in [-0.1, -0.05) is 12.1 Å². The molecule has 7 heteroatoms. The third kappa shape index (κ3) is 2.51. The fourth-order valence-electron chi connectivity index (χ4n) is 1.32. The van der Waals surface area contributed by atoms with Crippen molar-refractivity contribution in [2.45, 2.75) is 0 Å². The van der Waals surface area contributed by atoms with Crippen LogP contribution >= 0.6 is 11.8 Å². The van der Waals surface area contributed by atoms with Crippen LogP contribution in [0.4, 0.5) is 5.69 Å². The van der Waals surface area contributed by atoms with Crippen LogP contribution in [0.2, 0.25) is 0 Å². The summed E-state index contributed by atoms with van der Waals surface area (Å²) in [5, 5.41) is 20.2. The highest BCUT2D eigenvalue weighted by Crippen LogP contribution is 2.25. The third-order valence-electron chi connectivity index (χ3n) is 2.04. The van der Waals surface area contributed by atoms with Crippen molar-refractivity contribution in [1.82, 2.24) is 5.32 Å². The summed E-state index contributed by atoms with van der Waals surface area (Å²) in [6.45, 7) is 0. The fourth-order valence-corrected chi connectivity index (χ4v) is 2.02. The number of non-ortho nitro benzene ring substituents is 1. The standard InChI is InChI=1S/C10H7N3O3S/c11-10-12-9(14)8(17-10)5-6-2-1-3-7(4-6)13(15)16/h1-5H,(H2,11,12,14)/b8-5-. The Labute approximate surface area is 100 Å². The number of hydrogen-bond acceptors (Lipinski definition) is 5. The number of carbonyl (C=O) groups excluding carboxylic acids is 1. The Morgan fingerprint density at radius 2 is 2.24 bits per heavy atom. The van der Waals surface area contributed by atoms with Gasteiger partial charge in [0.25, 0.3) is 11.6 Å². The molecular formula is C10H7N3O3S. The van der Waals surface area contributed by atoms with Crippen molar-refractivity contribution < 1.29 is 9.72 Å². The van der Waals surface area contributed by atoms with Crippen LogP contribution in [-0.2, 0) is 4.79 Å². The Morgan fingerprint density at radius 3 is 2.82 bits per heavy atom. The summed E-state index contributed by atoms with van der Waals surface area (Å²) in [7, 11) is 0. The highest BCUT2D eigenvalue weighted by Gasteiger charge is 2.22. The van der Waals surface area contributed by atoms with Gasteiger partial charge in [-0.25, -0.2) is 0 Å². The molecule has 1 fully saturated rings. The zero-order valence-electron chi connectivity index (χ0n) is 8.47. The van der Waals surface area contributed by atoms with Gasteiger partial charge < -0.3 is 5.32 Å². The molecule has 0 bridgehead atoms. The first-order chi connectivity index (χ1) is 8.06. The van der Waals surface area contributed by atoms with E-state index in [-0.39, 0.29) is 16.8 Å². The molecule has 0 radical (unpaired) electrons. The Bertz CT molecular complexity index is 553. The maximum absolute atomic E-state index is 11.3. The van der Waals surface area contributed by atoms with Gasteiger partial charge in [-0.05, 0) is 23.4 Å². The lowest BCUT2D eigenvalue weighted by Gasteiger charge is -1.95. The van der Waals surface area contributed by atoms with Crippen molar-refractivity contribution in [3.63, 3.8) is 0 Å². The zero-order valence-corrected chi connectivity index (χ0v) is 9.28. The molecule has 0 aliphatic carbocycles. The van der Waals surface area contributed by atoms with Crippen molar-refractivity contribution >= 4 is 34.6 Å². The van der Waals surface area contributed by atoms with E-state index in [4.69, 9.17) is 5.41 Å². The molecule has 2 N–H and O–H groups in total. The normalized spacial score (nSPS) is 17.3. The number of carbonyl (C=O) groups is 1. The Kier molecular flexibility index (Phi) is 2.92. The summed E-state index contributed by atoms with van der Waals surface area (Å²) in [5.74, 6) is -0.355. The minimum Gasteiger partial charge on any atom is -0.301 e. The molecule has 0 saturated carbocycles. The number of benzene rings is 1. The molecule has 1 heterocycles. The van der Waals surface area contributed by atoms with Crippen molar-refractivity contribution in [1.29, 1.82) is 5.41 Å². The molecule has 1 aromatic carbocycles. The van der Waals surface area contributed by atoms with E-state index < -0.39 is 4.92 Å². The summed E-state index contributed by atoms with van der Waals surface area (Å²) < 4.78 is 0. The predicted molar refractivity (Wildman–Crippen MR) is 64.5 cm³/mol. The van der Waals surface area contributed by atoms with Crippen LogP contribution < -0.4 is 5.32 Å². The molecule has 0 spiro atoms. The van der Waals surface area contributed by atoms with Crippen LogP contribution in [0.5, 0.6) is 0 Å². The monoisotopic (exact) mass is 249 g/mol. The Hall–Kier alpha value is -2.15. The number of nitrogens with one attached hydrogen (secondary N) is 2. The van der Waals surface area contributed by atoms with Crippen LogP contribution in [0.3, 0.4) is 0 Å². The first kappa shape index (κ1) is 11.3. The SMILES string of the molecule is N=C1NC(=O)/C(=C/c2cccc([N+](=O)[O-])c2)S1. The van der Waals surface area contributed by atoms with Crippen LogP contribution in [0.25, 0.3) is 6.08 Å². The van der Waals surface area contributed by atoms with E-state index in [1.165, 1.54) is 18.2 Å². The first-order valence-electron chi connectivity index (χ1n) is 4.60. The number of nitro groups is 1. The van der Waals surface area contributed by atoms with Crippen LogP contribution in [0.15, 0.2) is 29.2 Å². The summed E-state index contributed by atoms with van der Waals surface area (Å²) in [6.07, 6.45) is 1.52. The summed E-state index contributed by atoms with van der Waals surface area (Å²) in [5.41, 5.74) is 0.532.